The lowest BCUT2D eigenvalue weighted by atomic mass is 9.73. The molecule has 588 valence electrons. The van der Waals surface area contributed by atoms with Crippen LogP contribution in [0.1, 0.15) is 133 Å². The summed E-state index contributed by atoms with van der Waals surface area (Å²) in [5, 5.41) is 4.77. The molecule has 2 aliphatic carbocycles. The van der Waals surface area contributed by atoms with Crippen LogP contribution >= 0.6 is 11.6 Å². The van der Waals surface area contributed by atoms with Crippen molar-refractivity contribution in [3.63, 3.8) is 0 Å². The number of halogens is 7. The number of likely N-dealkylation sites (N-methyl/N-ethyl adjacent to an activating group) is 8. The third kappa shape index (κ3) is 19.9. The first-order valence-electron chi connectivity index (χ1n) is 36.2. The van der Waals surface area contributed by atoms with Crippen molar-refractivity contribution in [2.75, 3.05) is 96.2 Å². The normalized spacial score (nSPS) is 26.2. The van der Waals surface area contributed by atoms with Gasteiger partial charge in [-0.15, -0.1) is 12.3 Å². The monoisotopic (exact) mass is 1530 g/mol. The number of nitrogens with one attached hydrogen (secondary N) is 2. The molecule has 10 atom stereocenters. The van der Waals surface area contributed by atoms with Gasteiger partial charge in [0.25, 0.3) is 0 Å². The van der Waals surface area contributed by atoms with Crippen molar-refractivity contribution in [1.82, 2.24) is 59.6 Å². The van der Waals surface area contributed by atoms with E-state index in [1.807, 2.05) is 0 Å². The molecule has 5 aliphatic rings. The van der Waals surface area contributed by atoms with Gasteiger partial charge in [0.15, 0.2) is 0 Å². The number of rotatable bonds is 12. The van der Waals surface area contributed by atoms with Crippen molar-refractivity contribution in [3.05, 3.63) is 81.9 Å². The molecule has 2 saturated heterocycles. The van der Waals surface area contributed by atoms with Crippen LogP contribution in [0.4, 0.5) is 26.3 Å². The van der Waals surface area contributed by atoms with E-state index in [0.29, 0.717) is 38.5 Å². The predicted molar refractivity (Wildman–Crippen MR) is 382 cm³/mol. The largest absolute Gasteiger partial charge is 0.417 e. The Morgan fingerprint density at radius 3 is 1.92 bits per heavy atom. The number of hydrogen-bond donors (Lipinski definition) is 2. The van der Waals surface area contributed by atoms with Gasteiger partial charge in [-0.05, 0) is 112 Å². The summed E-state index contributed by atoms with van der Waals surface area (Å²) in [6.45, 7) is 3.20. The van der Waals surface area contributed by atoms with E-state index in [1.165, 1.54) is 83.0 Å². The zero-order valence-corrected chi connectivity index (χ0v) is 63.7. The average Bonchev–Trinajstić information content (AvgIpc) is 1.66. The first-order valence-corrected chi connectivity index (χ1v) is 36.6. The summed E-state index contributed by atoms with van der Waals surface area (Å²) in [5.74, 6) is -8.40. The fourth-order valence-corrected chi connectivity index (χ4v) is 15.3. The van der Waals surface area contributed by atoms with Crippen LogP contribution in [0, 0.1) is 24.2 Å². The molecular formula is C75H101ClF6N12O13. The van der Waals surface area contributed by atoms with Gasteiger partial charge < -0.3 is 64.4 Å². The molecule has 107 heavy (non-hydrogen) atoms. The second kappa shape index (κ2) is 36.4. The number of fused-ring (bicyclic) bond motifs is 3. The maximum atomic E-state index is 15.7. The van der Waals surface area contributed by atoms with Crippen LogP contribution in [0.15, 0.2) is 54.6 Å². The molecule has 2 bridgehead atoms. The number of ether oxygens (including phenoxy) is 1. The molecule has 12 amide bonds. The van der Waals surface area contributed by atoms with Crippen molar-refractivity contribution in [1.29, 1.82) is 0 Å². The topological polar surface area (TPSA) is 271 Å². The van der Waals surface area contributed by atoms with Crippen LogP contribution < -0.4 is 10.6 Å². The van der Waals surface area contributed by atoms with E-state index < -0.39 is 204 Å². The zero-order valence-electron chi connectivity index (χ0n) is 62.9. The van der Waals surface area contributed by atoms with E-state index >= 15 is 28.8 Å². The van der Waals surface area contributed by atoms with E-state index in [-0.39, 0.29) is 75.8 Å². The number of amides is 12. The second-order valence-corrected chi connectivity index (χ2v) is 29.4. The Hall–Kier alpha value is -8.79. The smallest absolute Gasteiger partial charge is 0.377 e. The molecule has 2 saturated carbocycles. The fraction of sp³-hybridized carbons (Fsp3) is 0.627. The quantitative estimate of drug-likeness (QED) is 0.153. The lowest BCUT2D eigenvalue weighted by Crippen LogP contribution is -2.68. The molecule has 25 nitrogen and oxygen atoms in total. The van der Waals surface area contributed by atoms with Gasteiger partial charge in [0.1, 0.15) is 53.9 Å². The second-order valence-electron chi connectivity index (χ2n) is 29.0. The van der Waals surface area contributed by atoms with Crippen molar-refractivity contribution < 1.29 is 88.6 Å². The number of carbonyl (C=O) groups is 12. The van der Waals surface area contributed by atoms with Crippen LogP contribution in [0.2, 0.25) is 5.02 Å². The number of alkyl halides is 6. The van der Waals surface area contributed by atoms with Crippen LogP contribution in [0.3, 0.4) is 0 Å². The van der Waals surface area contributed by atoms with E-state index in [2.05, 4.69) is 16.6 Å². The van der Waals surface area contributed by atoms with Gasteiger partial charge >= 0.3 is 12.4 Å². The molecule has 2 N–H and O–H groups in total. The van der Waals surface area contributed by atoms with Crippen molar-refractivity contribution in [3.8, 4) is 12.3 Å². The maximum Gasteiger partial charge on any atom is 0.417 e. The maximum absolute atomic E-state index is 15.7. The minimum Gasteiger partial charge on any atom is -0.377 e. The average molecular weight is 1530 g/mol. The first-order chi connectivity index (χ1) is 50.2. The number of nitrogens with zero attached hydrogens (tertiary/aromatic N) is 10. The van der Waals surface area contributed by atoms with Crippen LogP contribution in [-0.4, -0.2) is 276 Å². The van der Waals surface area contributed by atoms with Crippen molar-refractivity contribution in [2.45, 2.75) is 196 Å². The Balaban J connectivity index is 1.35. The summed E-state index contributed by atoms with van der Waals surface area (Å²) < 4.78 is 90.0. The van der Waals surface area contributed by atoms with E-state index in [0.717, 1.165) is 71.9 Å². The minimum absolute atomic E-state index is 0.0966. The molecule has 7 rings (SSSR count). The van der Waals surface area contributed by atoms with Crippen LogP contribution in [-0.2, 0) is 87.5 Å². The molecular weight excluding hydrogens is 1430 g/mol. The molecule has 0 aromatic heterocycles. The van der Waals surface area contributed by atoms with Crippen LogP contribution in [0.5, 0.6) is 0 Å². The lowest BCUT2D eigenvalue weighted by Gasteiger charge is -2.51. The van der Waals surface area contributed by atoms with Crippen LogP contribution in [0.25, 0.3) is 0 Å². The number of aryl methyl sites for hydroxylation is 1. The molecule has 2 aromatic carbocycles. The molecule has 3 aliphatic heterocycles. The molecule has 4 fully saturated rings. The highest BCUT2D eigenvalue weighted by Crippen LogP contribution is 2.43. The summed E-state index contributed by atoms with van der Waals surface area (Å²) in [6.07, 6.45) is -0.270. The van der Waals surface area contributed by atoms with Gasteiger partial charge in [0.05, 0.1) is 41.8 Å². The first kappa shape index (κ1) is 85.5. The van der Waals surface area contributed by atoms with Gasteiger partial charge in [-0.25, -0.2) is 0 Å². The van der Waals surface area contributed by atoms with Crippen molar-refractivity contribution >= 4 is 82.5 Å². The van der Waals surface area contributed by atoms with Gasteiger partial charge in [0.2, 0.25) is 70.9 Å². The lowest BCUT2D eigenvalue weighted by molar-refractivity contribution is -0.166. The van der Waals surface area contributed by atoms with Gasteiger partial charge in [-0.1, -0.05) is 75.1 Å². The highest BCUT2D eigenvalue weighted by Gasteiger charge is 2.56. The number of hydrogen-bond acceptors (Lipinski definition) is 13. The third-order valence-electron chi connectivity index (χ3n) is 21.8. The Bertz CT molecular complexity index is 3690. The highest BCUT2D eigenvalue weighted by molar-refractivity contribution is 6.31. The number of benzene rings is 2. The zero-order chi connectivity index (χ0) is 79.5. The van der Waals surface area contributed by atoms with E-state index in [4.69, 9.17) is 22.8 Å². The Morgan fingerprint density at radius 2 is 1.35 bits per heavy atom. The molecule has 0 radical (unpaired) electrons. The molecule has 2 aromatic rings. The Kier molecular flexibility index (Phi) is 29.1. The number of terminal acetylenes is 1. The summed E-state index contributed by atoms with van der Waals surface area (Å²) in [7, 11) is 12.1. The molecule has 3 heterocycles. The van der Waals surface area contributed by atoms with Gasteiger partial charge in [0, 0.05) is 102 Å². The summed E-state index contributed by atoms with van der Waals surface area (Å²) in [5.41, 5.74) is -3.45. The van der Waals surface area contributed by atoms with Gasteiger partial charge in [-0.3, -0.25) is 57.5 Å². The molecule has 1 spiro atoms. The minimum atomic E-state index is -4.84. The standard InChI is InChI=1S/C75H101ClF6N12O13/c1-14-23-54-64(98)84-62(45(4)15-2)70(104)87(8)44-61(97)89(10)55-26-18-17-21-37-93(69(55)103)57(39-47-27-31-49(32-28-47)74(77,78)79)67(101)86(7)43-59(95)83-53(34-30-46-29-33-51(52(76)38-46)75(80,81)82)65(99)94-42-50(107-16-3)40-58(94)68(102)92(13)73(35-22-36-73)72(106)91(12)63(48-24-19-20-25-48)71(105)90(11)56(66(100)85(5)6)41-60(96)88(54)9/h1,17-18,27-29,31-33,38,45,48,50,53-58,62-63H,15-16,19-26,30,34-37,39-44H2,2-13H3,(H,83,95)(H,84,98)/b18-17-/t45-,50+,53+,54-,55-,56-,57-,58-,62-,63-/m0/s1. The van der Waals surface area contributed by atoms with E-state index in [9.17, 15) is 55.1 Å². The highest BCUT2D eigenvalue weighted by atomic mass is 35.5. The predicted octanol–water partition coefficient (Wildman–Crippen LogP) is 5.43. The Morgan fingerprint density at radius 1 is 0.710 bits per heavy atom. The van der Waals surface area contributed by atoms with Gasteiger partial charge in [-0.2, -0.15) is 26.3 Å². The molecule has 32 heteroatoms. The number of carbonyl (C=O) groups excluding carboxylic acids is 12. The summed E-state index contributed by atoms with van der Waals surface area (Å²) in [4.78, 5) is 192. The van der Waals surface area contributed by atoms with E-state index in [1.54, 1.807) is 32.9 Å². The molecule has 0 unspecified atom stereocenters. The summed E-state index contributed by atoms with van der Waals surface area (Å²) >= 11 is 6.18. The SMILES string of the molecule is C#CC[C@H]1C(=O)N[C@@H]([C@@H](C)CC)C(=O)N(C)CC(=O)N(C)[C@H]2C/C=C\CCN(C2=O)[C@@H](Cc2ccc(C(F)(F)F)cc2)C(=O)N(C)CC(=O)N[C@H](CCc2ccc(C(F)(F)F)c(Cl)c2)C(=O)N2C[C@H](OCC)C[C@H]2C(=O)N(C)C2(CCC2)C(=O)N(C)[C@@H](C2CCCC2)C(=O)N(C)[C@H](C(=O)N(C)C)CC(=O)N1C. The summed E-state index contributed by atoms with van der Waals surface area (Å²) in [6, 6.07) is -4.91. The third-order valence-corrected chi connectivity index (χ3v) is 22.2. The van der Waals surface area contributed by atoms with Crippen molar-refractivity contribution in [2.24, 2.45) is 11.8 Å². The Labute approximate surface area is 626 Å². The fourth-order valence-electron chi connectivity index (χ4n) is 14.9.